The van der Waals surface area contributed by atoms with Crippen molar-refractivity contribution in [1.29, 1.82) is 0 Å². The molecule has 0 radical (unpaired) electrons. The van der Waals surface area contributed by atoms with E-state index in [9.17, 15) is 9.90 Å². The molecule has 0 unspecified atom stereocenters. The molecule has 0 bridgehead atoms. The number of anilines is 1. The molecule has 0 spiro atoms. The van der Waals surface area contributed by atoms with E-state index in [1.807, 2.05) is 0 Å². The molecule has 2 N–H and O–H groups in total. The van der Waals surface area contributed by atoms with Crippen LogP contribution in [0.15, 0.2) is 42.5 Å². The minimum atomic E-state index is -0.423. The Bertz CT molecular complexity index is 881. The SMILES string of the molecule is COc1ccc(-c2nnsc2C(=O)Nc2cc(Cl)ccc2O)cc1. The number of carbonyl (C=O) groups excluding carboxylic acids is 1. The quantitative estimate of drug-likeness (QED) is 0.690. The van der Waals surface area contributed by atoms with Gasteiger partial charge in [0.2, 0.25) is 0 Å². The van der Waals surface area contributed by atoms with Crippen LogP contribution in [0.2, 0.25) is 5.02 Å². The fraction of sp³-hybridized carbons (Fsp3) is 0.0625. The first kappa shape index (κ1) is 16.2. The third-order valence-corrected chi connectivity index (χ3v) is 4.22. The summed E-state index contributed by atoms with van der Waals surface area (Å²) in [4.78, 5) is 12.8. The van der Waals surface area contributed by atoms with Gasteiger partial charge in [-0.2, -0.15) is 0 Å². The average molecular weight is 362 g/mol. The smallest absolute Gasteiger partial charge is 0.269 e. The van der Waals surface area contributed by atoms with Crippen molar-refractivity contribution in [3.8, 4) is 22.8 Å². The molecule has 3 rings (SSSR count). The maximum Gasteiger partial charge on any atom is 0.269 e. The van der Waals surface area contributed by atoms with Crippen LogP contribution in [0.4, 0.5) is 5.69 Å². The number of rotatable bonds is 4. The van der Waals surface area contributed by atoms with E-state index in [1.54, 1.807) is 31.4 Å². The van der Waals surface area contributed by atoms with Gasteiger partial charge in [0, 0.05) is 10.6 Å². The summed E-state index contributed by atoms with van der Waals surface area (Å²) >= 11 is 6.86. The van der Waals surface area contributed by atoms with Gasteiger partial charge in [0.15, 0.2) is 0 Å². The second kappa shape index (κ2) is 6.86. The monoisotopic (exact) mass is 361 g/mol. The molecule has 0 atom stereocenters. The van der Waals surface area contributed by atoms with E-state index in [4.69, 9.17) is 16.3 Å². The van der Waals surface area contributed by atoms with Crippen LogP contribution in [0.3, 0.4) is 0 Å². The molecule has 2 aromatic carbocycles. The Hall–Kier alpha value is -2.64. The van der Waals surface area contributed by atoms with Gasteiger partial charge in [-0.25, -0.2) is 0 Å². The minimum Gasteiger partial charge on any atom is -0.506 e. The van der Waals surface area contributed by atoms with Gasteiger partial charge in [-0.1, -0.05) is 16.1 Å². The summed E-state index contributed by atoms with van der Waals surface area (Å²) in [6, 6.07) is 11.6. The van der Waals surface area contributed by atoms with E-state index < -0.39 is 5.91 Å². The Labute approximate surface area is 146 Å². The molecule has 0 saturated heterocycles. The molecule has 6 nitrogen and oxygen atoms in total. The van der Waals surface area contributed by atoms with Crippen LogP contribution in [0.5, 0.6) is 11.5 Å². The first-order valence-corrected chi connectivity index (χ1v) is 8.00. The lowest BCUT2D eigenvalue weighted by Crippen LogP contribution is -2.11. The zero-order chi connectivity index (χ0) is 17.1. The molecular weight excluding hydrogens is 350 g/mol. The van der Waals surface area contributed by atoms with Crippen molar-refractivity contribution in [1.82, 2.24) is 9.59 Å². The van der Waals surface area contributed by atoms with Crippen molar-refractivity contribution in [3.05, 3.63) is 52.4 Å². The molecule has 1 amide bonds. The Morgan fingerprint density at radius 3 is 2.71 bits per heavy atom. The predicted molar refractivity (Wildman–Crippen MR) is 93.0 cm³/mol. The van der Waals surface area contributed by atoms with Gasteiger partial charge in [-0.3, -0.25) is 4.79 Å². The molecule has 8 heteroatoms. The van der Waals surface area contributed by atoms with Gasteiger partial charge >= 0.3 is 0 Å². The summed E-state index contributed by atoms with van der Waals surface area (Å²) in [6.07, 6.45) is 0. The largest absolute Gasteiger partial charge is 0.506 e. The Kier molecular flexibility index (Phi) is 4.64. The number of hydrogen-bond donors (Lipinski definition) is 2. The summed E-state index contributed by atoms with van der Waals surface area (Å²) < 4.78 is 8.97. The lowest BCUT2D eigenvalue weighted by molar-refractivity contribution is 0.103. The topological polar surface area (TPSA) is 84.3 Å². The van der Waals surface area contributed by atoms with Crippen LogP contribution in [-0.4, -0.2) is 27.7 Å². The molecular formula is C16H12ClN3O3S. The molecule has 3 aromatic rings. The maximum atomic E-state index is 12.5. The number of ether oxygens (including phenoxy) is 1. The normalized spacial score (nSPS) is 10.4. The zero-order valence-corrected chi connectivity index (χ0v) is 14.1. The van der Waals surface area contributed by atoms with E-state index in [0.29, 0.717) is 21.3 Å². The number of halogens is 1. The van der Waals surface area contributed by atoms with E-state index in [2.05, 4.69) is 14.9 Å². The highest BCUT2D eigenvalue weighted by atomic mass is 35.5. The highest BCUT2D eigenvalue weighted by Crippen LogP contribution is 2.30. The highest BCUT2D eigenvalue weighted by molar-refractivity contribution is 7.08. The second-order valence-corrected chi connectivity index (χ2v) is 5.99. The molecule has 24 heavy (non-hydrogen) atoms. The van der Waals surface area contributed by atoms with Crippen LogP contribution in [0.1, 0.15) is 9.67 Å². The molecule has 0 saturated carbocycles. The fourth-order valence-electron chi connectivity index (χ4n) is 2.06. The van der Waals surface area contributed by atoms with Crippen molar-refractivity contribution in [3.63, 3.8) is 0 Å². The van der Waals surface area contributed by atoms with Crippen molar-refractivity contribution in [2.45, 2.75) is 0 Å². The van der Waals surface area contributed by atoms with Crippen molar-refractivity contribution >= 4 is 34.7 Å². The third-order valence-electron chi connectivity index (χ3n) is 3.26. The standard InChI is InChI=1S/C16H12ClN3O3S/c1-23-11-5-2-9(3-6-11)14-15(24-20-19-14)16(22)18-12-8-10(17)4-7-13(12)21/h2-8,21H,1H3,(H,18,22). The number of benzene rings is 2. The lowest BCUT2D eigenvalue weighted by Gasteiger charge is -2.07. The fourth-order valence-corrected chi connectivity index (χ4v) is 2.82. The second-order valence-electron chi connectivity index (χ2n) is 4.79. The number of phenolic OH excluding ortho intramolecular Hbond substituents is 1. The lowest BCUT2D eigenvalue weighted by atomic mass is 10.1. The maximum absolute atomic E-state index is 12.5. The van der Waals surface area contributed by atoms with Crippen LogP contribution in [-0.2, 0) is 0 Å². The molecule has 1 aromatic heterocycles. The zero-order valence-electron chi connectivity index (χ0n) is 12.5. The number of hydrogen-bond acceptors (Lipinski definition) is 6. The minimum absolute atomic E-state index is 0.0729. The summed E-state index contributed by atoms with van der Waals surface area (Å²) in [6.45, 7) is 0. The van der Waals surface area contributed by atoms with Crippen LogP contribution >= 0.6 is 23.1 Å². The van der Waals surface area contributed by atoms with Gasteiger partial charge in [-0.15, -0.1) is 5.10 Å². The van der Waals surface area contributed by atoms with Crippen molar-refractivity contribution in [2.24, 2.45) is 0 Å². The van der Waals surface area contributed by atoms with Crippen LogP contribution < -0.4 is 10.1 Å². The van der Waals surface area contributed by atoms with Gasteiger partial charge < -0.3 is 15.2 Å². The first-order valence-electron chi connectivity index (χ1n) is 6.85. The first-order chi connectivity index (χ1) is 11.6. The molecule has 0 aliphatic carbocycles. The van der Waals surface area contributed by atoms with Gasteiger partial charge in [0.1, 0.15) is 22.1 Å². The summed E-state index contributed by atoms with van der Waals surface area (Å²) in [7, 11) is 1.58. The Morgan fingerprint density at radius 2 is 2.00 bits per heavy atom. The number of phenols is 1. The average Bonchev–Trinajstić information content (AvgIpc) is 3.08. The Morgan fingerprint density at radius 1 is 1.25 bits per heavy atom. The predicted octanol–water partition coefficient (Wildman–Crippen LogP) is 3.83. The number of methoxy groups -OCH3 is 1. The van der Waals surface area contributed by atoms with E-state index in [-0.39, 0.29) is 11.4 Å². The highest BCUT2D eigenvalue weighted by Gasteiger charge is 2.19. The molecule has 1 heterocycles. The van der Waals surface area contributed by atoms with Gasteiger partial charge in [0.25, 0.3) is 5.91 Å². The van der Waals surface area contributed by atoms with Crippen molar-refractivity contribution in [2.75, 3.05) is 12.4 Å². The van der Waals surface area contributed by atoms with Gasteiger partial charge in [0.05, 0.1) is 12.8 Å². The van der Waals surface area contributed by atoms with Crippen molar-refractivity contribution < 1.29 is 14.6 Å². The number of amides is 1. The summed E-state index contributed by atoms with van der Waals surface area (Å²) in [5.74, 6) is 0.210. The Balaban J connectivity index is 1.88. The summed E-state index contributed by atoms with van der Waals surface area (Å²) in [5.41, 5.74) is 1.42. The number of aromatic hydroxyl groups is 1. The molecule has 122 valence electrons. The molecule has 0 aliphatic rings. The van der Waals surface area contributed by atoms with E-state index in [1.165, 1.54) is 18.2 Å². The number of nitrogens with zero attached hydrogens (tertiary/aromatic N) is 2. The third kappa shape index (κ3) is 3.32. The van der Waals surface area contributed by atoms with Crippen LogP contribution in [0, 0.1) is 0 Å². The summed E-state index contributed by atoms with van der Waals surface area (Å²) in [5, 5.41) is 16.9. The van der Waals surface area contributed by atoms with E-state index in [0.717, 1.165) is 17.1 Å². The molecule has 0 aliphatic heterocycles. The molecule has 0 fully saturated rings. The van der Waals surface area contributed by atoms with Crippen LogP contribution in [0.25, 0.3) is 11.3 Å². The van der Waals surface area contributed by atoms with Gasteiger partial charge in [-0.05, 0) is 54.0 Å². The number of nitrogens with one attached hydrogen (secondary N) is 1. The number of carbonyl (C=O) groups is 1. The number of aromatic nitrogens is 2. The van der Waals surface area contributed by atoms with E-state index >= 15 is 0 Å².